The molecule has 3 aromatic heterocycles. The van der Waals surface area contributed by atoms with Gasteiger partial charge in [0.15, 0.2) is 6.29 Å². The molecular formula is C32H28ClN5O3. The van der Waals surface area contributed by atoms with Crippen LogP contribution in [-0.2, 0) is 13.0 Å². The van der Waals surface area contributed by atoms with E-state index in [0.717, 1.165) is 44.4 Å². The number of hydrogen-bond acceptors (Lipinski definition) is 7. The van der Waals surface area contributed by atoms with E-state index in [0.29, 0.717) is 42.1 Å². The van der Waals surface area contributed by atoms with Crippen molar-refractivity contribution in [1.29, 1.82) is 0 Å². The van der Waals surface area contributed by atoms with Crippen LogP contribution < -0.4 is 10.6 Å². The molecule has 0 saturated heterocycles. The number of aldehydes is 1. The van der Waals surface area contributed by atoms with Gasteiger partial charge in [0.25, 0.3) is 5.91 Å². The van der Waals surface area contributed by atoms with Gasteiger partial charge in [-0.05, 0) is 59.5 Å². The second-order valence-electron chi connectivity index (χ2n) is 9.56. The average molecular weight is 566 g/mol. The van der Waals surface area contributed by atoms with E-state index in [4.69, 9.17) is 21.7 Å². The molecule has 41 heavy (non-hydrogen) atoms. The minimum Gasteiger partial charge on any atom is -0.395 e. The lowest BCUT2D eigenvalue weighted by atomic mass is 9.93. The number of carbonyl (C=O) groups excluding carboxylic acids is 2. The summed E-state index contributed by atoms with van der Waals surface area (Å²) in [7, 11) is 0. The molecule has 2 aromatic carbocycles. The Morgan fingerprint density at radius 2 is 1.83 bits per heavy atom. The number of carbonyl (C=O) groups is 2. The molecule has 5 rings (SSSR count). The molecule has 9 heteroatoms. The maximum absolute atomic E-state index is 12.8. The van der Waals surface area contributed by atoms with Crippen molar-refractivity contribution in [2.75, 3.05) is 18.5 Å². The highest BCUT2D eigenvalue weighted by atomic mass is 35.5. The number of amides is 1. The number of aliphatic hydroxyl groups excluding tert-OH is 1. The van der Waals surface area contributed by atoms with E-state index in [-0.39, 0.29) is 12.3 Å². The molecule has 0 aliphatic heterocycles. The van der Waals surface area contributed by atoms with Gasteiger partial charge in [-0.25, -0.2) is 0 Å². The molecule has 0 atom stereocenters. The van der Waals surface area contributed by atoms with Crippen LogP contribution in [0, 0.1) is 6.92 Å². The Labute approximate surface area is 242 Å². The van der Waals surface area contributed by atoms with Crippen molar-refractivity contribution in [2.24, 2.45) is 0 Å². The summed E-state index contributed by atoms with van der Waals surface area (Å²) < 4.78 is 0. The standard InChI is InChI=1S/C32H28ClN5O3/c1-20-23(15-29-31-24(10-11-35-29)14-22(18-37-31)16-34-12-13-39)4-2-5-25(20)26-6-3-7-27(30(26)33)38-32(41)28-9-8-21(19-40)17-36-28/h2-11,14,17-19,34,39H,12-13,15-16H2,1H3,(H,38,41). The molecular weight excluding hydrogens is 538 g/mol. The van der Waals surface area contributed by atoms with Gasteiger partial charge in [0.05, 0.1) is 28.5 Å². The van der Waals surface area contributed by atoms with Crippen LogP contribution in [0.15, 0.2) is 79.3 Å². The molecule has 8 nitrogen and oxygen atoms in total. The lowest BCUT2D eigenvalue weighted by molar-refractivity contribution is 0.102. The largest absolute Gasteiger partial charge is 0.395 e. The number of aliphatic hydroxyl groups is 1. The minimum atomic E-state index is -0.422. The summed E-state index contributed by atoms with van der Waals surface area (Å²) in [6, 6.07) is 18.6. The maximum atomic E-state index is 12.8. The number of aromatic nitrogens is 3. The van der Waals surface area contributed by atoms with Crippen molar-refractivity contribution < 1.29 is 14.7 Å². The van der Waals surface area contributed by atoms with E-state index in [2.05, 4.69) is 32.7 Å². The van der Waals surface area contributed by atoms with Crippen LogP contribution in [0.25, 0.3) is 22.0 Å². The molecule has 0 fully saturated rings. The van der Waals surface area contributed by atoms with Gasteiger partial charge in [-0.2, -0.15) is 0 Å². The highest BCUT2D eigenvalue weighted by Gasteiger charge is 2.16. The molecule has 0 spiro atoms. The Balaban J connectivity index is 1.41. The van der Waals surface area contributed by atoms with Crippen LogP contribution in [0.1, 0.15) is 43.2 Å². The van der Waals surface area contributed by atoms with Crippen LogP contribution in [0.2, 0.25) is 5.02 Å². The van der Waals surface area contributed by atoms with Gasteiger partial charge in [0.2, 0.25) is 0 Å². The zero-order chi connectivity index (χ0) is 28.8. The summed E-state index contributed by atoms with van der Waals surface area (Å²) in [6.07, 6.45) is 6.25. The van der Waals surface area contributed by atoms with Crippen LogP contribution in [0.5, 0.6) is 0 Å². The Bertz CT molecular complexity index is 1720. The molecule has 3 heterocycles. The number of nitrogens with one attached hydrogen (secondary N) is 2. The molecule has 0 aliphatic rings. The van der Waals surface area contributed by atoms with Crippen LogP contribution in [-0.4, -0.2) is 45.4 Å². The first-order chi connectivity index (χ1) is 20.0. The molecule has 0 unspecified atom stereocenters. The highest BCUT2D eigenvalue weighted by Crippen LogP contribution is 2.37. The van der Waals surface area contributed by atoms with E-state index in [9.17, 15) is 9.59 Å². The fraction of sp³-hybridized carbons (Fsp3) is 0.156. The number of anilines is 1. The Morgan fingerprint density at radius 1 is 1.00 bits per heavy atom. The van der Waals surface area contributed by atoms with Crippen molar-refractivity contribution >= 4 is 40.4 Å². The molecule has 1 amide bonds. The summed E-state index contributed by atoms with van der Waals surface area (Å²) in [5.41, 5.74) is 7.66. The summed E-state index contributed by atoms with van der Waals surface area (Å²) in [5, 5.41) is 16.4. The number of pyridine rings is 3. The first kappa shape index (κ1) is 28.0. The van der Waals surface area contributed by atoms with Gasteiger partial charge in [0.1, 0.15) is 5.69 Å². The lowest BCUT2D eigenvalue weighted by Crippen LogP contribution is -2.17. The molecule has 0 saturated carbocycles. The van der Waals surface area contributed by atoms with Crippen LogP contribution >= 0.6 is 11.6 Å². The maximum Gasteiger partial charge on any atom is 0.274 e. The zero-order valence-corrected chi connectivity index (χ0v) is 23.2. The molecule has 0 aliphatic carbocycles. The van der Waals surface area contributed by atoms with Crippen molar-refractivity contribution in [3.63, 3.8) is 0 Å². The number of rotatable bonds is 10. The molecule has 3 N–H and O–H groups in total. The zero-order valence-electron chi connectivity index (χ0n) is 22.4. The number of fused-ring (bicyclic) bond motifs is 1. The lowest BCUT2D eigenvalue weighted by Gasteiger charge is -2.16. The van der Waals surface area contributed by atoms with Gasteiger partial charge in [-0.3, -0.25) is 24.5 Å². The second kappa shape index (κ2) is 12.8. The molecule has 5 aromatic rings. The Morgan fingerprint density at radius 3 is 2.61 bits per heavy atom. The number of halogens is 1. The third kappa shape index (κ3) is 6.30. The van der Waals surface area contributed by atoms with E-state index in [1.54, 1.807) is 12.3 Å². The van der Waals surface area contributed by atoms with Crippen molar-refractivity contribution in [2.45, 2.75) is 19.9 Å². The van der Waals surface area contributed by atoms with Gasteiger partial charge in [0, 0.05) is 54.6 Å². The van der Waals surface area contributed by atoms with Crippen molar-refractivity contribution in [1.82, 2.24) is 20.3 Å². The van der Waals surface area contributed by atoms with Gasteiger partial charge >= 0.3 is 0 Å². The number of hydrogen-bond donors (Lipinski definition) is 3. The summed E-state index contributed by atoms with van der Waals surface area (Å²) >= 11 is 6.82. The predicted octanol–water partition coefficient (Wildman–Crippen LogP) is 5.39. The molecule has 206 valence electrons. The summed E-state index contributed by atoms with van der Waals surface area (Å²) in [6.45, 7) is 3.30. The van der Waals surface area contributed by atoms with E-state index in [1.807, 2.05) is 43.5 Å². The quantitative estimate of drug-likeness (QED) is 0.153. The van der Waals surface area contributed by atoms with Crippen LogP contribution in [0.4, 0.5) is 5.69 Å². The first-order valence-corrected chi connectivity index (χ1v) is 13.5. The van der Waals surface area contributed by atoms with Gasteiger partial charge in [-0.15, -0.1) is 0 Å². The molecule has 0 bridgehead atoms. The van der Waals surface area contributed by atoms with Crippen molar-refractivity contribution in [3.05, 3.63) is 118 Å². The Hall–Kier alpha value is -4.50. The second-order valence-corrected chi connectivity index (χ2v) is 9.93. The van der Waals surface area contributed by atoms with E-state index < -0.39 is 5.91 Å². The minimum absolute atomic E-state index is 0.0902. The summed E-state index contributed by atoms with van der Waals surface area (Å²) in [4.78, 5) is 37.1. The normalized spacial score (nSPS) is 11.0. The predicted molar refractivity (Wildman–Crippen MR) is 160 cm³/mol. The number of nitrogens with zero attached hydrogens (tertiary/aromatic N) is 3. The van der Waals surface area contributed by atoms with E-state index >= 15 is 0 Å². The van der Waals surface area contributed by atoms with E-state index in [1.165, 1.54) is 18.3 Å². The van der Waals surface area contributed by atoms with Crippen LogP contribution in [0.3, 0.4) is 0 Å². The third-order valence-corrected chi connectivity index (χ3v) is 7.25. The number of benzene rings is 2. The van der Waals surface area contributed by atoms with Crippen molar-refractivity contribution in [3.8, 4) is 11.1 Å². The smallest absolute Gasteiger partial charge is 0.274 e. The topological polar surface area (TPSA) is 117 Å². The highest BCUT2D eigenvalue weighted by molar-refractivity contribution is 6.36. The SMILES string of the molecule is Cc1c(Cc2nccc3cc(CNCCO)cnc23)cccc1-c1cccc(NC(=O)c2ccc(C=O)cn2)c1Cl. The molecule has 0 radical (unpaired) electrons. The Kier molecular flexibility index (Phi) is 8.74. The average Bonchev–Trinajstić information content (AvgIpc) is 2.99. The fourth-order valence-electron chi connectivity index (χ4n) is 4.68. The van der Waals surface area contributed by atoms with Gasteiger partial charge < -0.3 is 15.7 Å². The van der Waals surface area contributed by atoms with Gasteiger partial charge in [-0.1, -0.05) is 41.9 Å². The monoisotopic (exact) mass is 565 g/mol. The summed E-state index contributed by atoms with van der Waals surface area (Å²) in [5.74, 6) is -0.422. The fourth-order valence-corrected chi connectivity index (χ4v) is 4.96. The first-order valence-electron chi connectivity index (χ1n) is 13.1. The third-order valence-electron chi connectivity index (χ3n) is 6.85.